The smallest absolute Gasteiger partial charge is 0.315 e. The van der Waals surface area contributed by atoms with Crippen molar-refractivity contribution in [2.75, 3.05) is 25.6 Å². The number of nitrogens with one attached hydrogen (secondary N) is 4. The molecule has 2 heterocycles. The van der Waals surface area contributed by atoms with Gasteiger partial charge in [0.1, 0.15) is 5.25 Å². The van der Waals surface area contributed by atoms with E-state index in [2.05, 4.69) is 21.3 Å². The molecular formula is C18H23ClN4O4S. The predicted octanol–water partition coefficient (Wildman–Crippen LogP) is 1.35. The molecule has 1 aromatic rings. The van der Waals surface area contributed by atoms with Crippen molar-refractivity contribution in [3.8, 4) is 0 Å². The number of carbonyl (C=O) groups is 3. The molecule has 1 fully saturated rings. The number of amides is 4. The first-order chi connectivity index (χ1) is 13.4. The van der Waals surface area contributed by atoms with Gasteiger partial charge in [-0.05, 0) is 24.1 Å². The number of alkyl halides is 1. The number of halogens is 1. The van der Waals surface area contributed by atoms with Crippen LogP contribution in [0.2, 0.25) is 0 Å². The molecule has 3 rings (SSSR count). The van der Waals surface area contributed by atoms with Crippen LogP contribution in [0.25, 0.3) is 0 Å². The second-order valence-corrected chi connectivity index (χ2v) is 8.65. The summed E-state index contributed by atoms with van der Waals surface area (Å²) in [6.45, 7) is 2.41. The Balaban J connectivity index is 1.64. The molecule has 4 atom stereocenters. The van der Waals surface area contributed by atoms with Crippen LogP contribution in [0, 0.1) is 0 Å². The van der Waals surface area contributed by atoms with Gasteiger partial charge >= 0.3 is 6.03 Å². The molecule has 2 unspecified atom stereocenters. The lowest BCUT2D eigenvalue weighted by atomic mass is 10.0. The first-order valence-corrected chi connectivity index (χ1v) is 10.3. The van der Waals surface area contributed by atoms with E-state index in [1.165, 1.54) is 18.9 Å². The lowest BCUT2D eigenvalue weighted by Crippen LogP contribution is -2.55. The third kappa shape index (κ3) is 4.89. The van der Waals surface area contributed by atoms with Crippen LogP contribution in [0.1, 0.15) is 24.1 Å². The van der Waals surface area contributed by atoms with Crippen molar-refractivity contribution in [3.63, 3.8) is 0 Å². The maximum absolute atomic E-state index is 12.8. The molecule has 0 saturated carbocycles. The summed E-state index contributed by atoms with van der Waals surface area (Å²) < 4.78 is 5.19. The Morgan fingerprint density at radius 1 is 1.43 bits per heavy atom. The van der Waals surface area contributed by atoms with E-state index in [9.17, 15) is 14.4 Å². The maximum atomic E-state index is 12.8. The van der Waals surface area contributed by atoms with Gasteiger partial charge < -0.3 is 26.0 Å². The number of ether oxygens (including phenoxy) is 1. The quantitative estimate of drug-likeness (QED) is 0.492. The number of benzene rings is 1. The fraction of sp³-hybridized carbons (Fsp3) is 0.500. The zero-order valence-electron chi connectivity index (χ0n) is 15.6. The van der Waals surface area contributed by atoms with Crippen molar-refractivity contribution >= 4 is 46.9 Å². The summed E-state index contributed by atoms with van der Waals surface area (Å²) in [6, 6.07) is 5.11. The van der Waals surface area contributed by atoms with Crippen LogP contribution in [0.15, 0.2) is 18.2 Å². The van der Waals surface area contributed by atoms with Gasteiger partial charge in [-0.2, -0.15) is 0 Å². The number of anilines is 1. The van der Waals surface area contributed by atoms with Gasteiger partial charge in [-0.15, -0.1) is 23.4 Å². The Bertz CT molecular complexity index is 778. The van der Waals surface area contributed by atoms with Crippen molar-refractivity contribution in [2.24, 2.45) is 0 Å². The van der Waals surface area contributed by atoms with Gasteiger partial charge in [0, 0.05) is 19.3 Å². The van der Waals surface area contributed by atoms with Crippen LogP contribution in [-0.2, 0) is 20.7 Å². The van der Waals surface area contributed by atoms with Gasteiger partial charge in [0.2, 0.25) is 11.8 Å². The highest BCUT2D eigenvalue weighted by atomic mass is 35.5. The summed E-state index contributed by atoms with van der Waals surface area (Å²) in [6.07, 6.45) is 0.346. The molecule has 2 aliphatic rings. The van der Waals surface area contributed by atoms with Crippen LogP contribution >= 0.6 is 23.4 Å². The van der Waals surface area contributed by atoms with E-state index in [4.69, 9.17) is 16.3 Å². The van der Waals surface area contributed by atoms with Gasteiger partial charge in [0.05, 0.1) is 29.8 Å². The Labute approximate surface area is 172 Å². The number of fused-ring (bicyclic) bond motifs is 1. The van der Waals surface area contributed by atoms with Gasteiger partial charge in [-0.25, -0.2) is 4.79 Å². The van der Waals surface area contributed by atoms with Gasteiger partial charge in [0.25, 0.3) is 0 Å². The number of methoxy groups -OCH3 is 1. The summed E-state index contributed by atoms with van der Waals surface area (Å²) in [7, 11) is 1.52. The number of hydrogen-bond donors (Lipinski definition) is 4. The lowest BCUT2D eigenvalue weighted by Gasteiger charge is -2.31. The van der Waals surface area contributed by atoms with E-state index >= 15 is 0 Å². The number of hydrogen-bond acceptors (Lipinski definition) is 5. The molecule has 4 amide bonds. The third-order valence-electron chi connectivity index (χ3n) is 4.59. The first kappa shape index (κ1) is 20.8. The molecule has 0 aromatic heterocycles. The molecule has 8 nitrogen and oxygen atoms in total. The average Bonchev–Trinajstić information content (AvgIpc) is 3.03. The number of rotatable bonds is 7. The maximum Gasteiger partial charge on any atom is 0.315 e. The van der Waals surface area contributed by atoms with E-state index in [1.807, 2.05) is 25.1 Å². The van der Waals surface area contributed by atoms with Crippen molar-refractivity contribution in [2.45, 2.75) is 35.4 Å². The first-order valence-electron chi connectivity index (χ1n) is 8.93. The molecular weight excluding hydrogens is 404 g/mol. The SMILES string of the molecule is COC[C@@H](SC1NC(=O)NCC1Cl)C(=O)N[C@@H](C)c1ccc2c(c1)CC(=O)N2. The molecule has 2 aliphatic heterocycles. The van der Waals surface area contributed by atoms with Gasteiger partial charge in [0.15, 0.2) is 0 Å². The molecule has 0 bridgehead atoms. The lowest BCUT2D eigenvalue weighted by molar-refractivity contribution is -0.122. The number of urea groups is 1. The second kappa shape index (κ2) is 9.02. The zero-order valence-corrected chi connectivity index (χ0v) is 17.2. The molecule has 0 spiro atoms. The fourth-order valence-corrected chi connectivity index (χ4v) is 4.62. The summed E-state index contributed by atoms with van der Waals surface area (Å²) in [5.74, 6) is -0.231. The van der Waals surface area contributed by atoms with Crippen molar-refractivity contribution in [1.82, 2.24) is 16.0 Å². The molecule has 0 radical (unpaired) electrons. The Hall–Kier alpha value is -1.97. The van der Waals surface area contributed by atoms with Gasteiger partial charge in [-0.3, -0.25) is 9.59 Å². The van der Waals surface area contributed by atoms with E-state index < -0.39 is 10.6 Å². The van der Waals surface area contributed by atoms with Crippen LogP contribution in [-0.4, -0.2) is 54.1 Å². The molecule has 1 saturated heterocycles. The van der Waals surface area contributed by atoms with E-state index in [-0.39, 0.29) is 35.9 Å². The summed E-state index contributed by atoms with van der Waals surface area (Å²) in [5.41, 5.74) is 2.65. The Morgan fingerprint density at radius 3 is 2.96 bits per heavy atom. The third-order valence-corrected chi connectivity index (χ3v) is 6.57. The summed E-state index contributed by atoms with van der Waals surface area (Å²) in [4.78, 5) is 35.9. The number of carbonyl (C=O) groups excluding carboxylic acids is 3. The largest absolute Gasteiger partial charge is 0.383 e. The van der Waals surface area contributed by atoms with E-state index in [0.29, 0.717) is 13.0 Å². The highest BCUT2D eigenvalue weighted by Gasteiger charge is 2.33. The monoisotopic (exact) mass is 426 g/mol. The van der Waals surface area contributed by atoms with Gasteiger partial charge in [-0.1, -0.05) is 12.1 Å². The Morgan fingerprint density at radius 2 is 2.21 bits per heavy atom. The predicted molar refractivity (Wildman–Crippen MR) is 109 cm³/mol. The van der Waals surface area contributed by atoms with E-state index in [0.717, 1.165) is 16.8 Å². The fourth-order valence-electron chi connectivity index (χ4n) is 3.10. The minimum absolute atomic E-state index is 0.0277. The Kier molecular flexibility index (Phi) is 6.69. The second-order valence-electron chi connectivity index (χ2n) is 6.74. The molecule has 28 heavy (non-hydrogen) atoms. The minimum Gasteiger partial charge on any atom is -0.383 e. The topological polar surface area (TPSA) is 109 Å². The molecule has 1 aromatic carbocycles. The summed E-state index contributed by atoms with van der Waals surface area (Å²) in [5, 5.41) is 9.86. The highest BCUT2D eigenvalue weighted by molar-refractivity contribution is 8.01. The van der Waals surface area contributed by atoms with Crippen molar-refractivity contribution in [3.05, 3.63) is 29.3 Å². The van der Waals surface area contributed by atoms with Crippen LogP contribution < -0.4 is 21.3 Å². The molecule has 0 aliphatic carbocycles. The normalized spacial score (nSPS) is 23.1. The van der Waals surface area contributed by atoms with Crippen molar-refractivity contribution < 1.29 is 19.1 Å². The standard InChI is InChI=1S/C18H23ClN4O4S/c1-9(10-3-4-13-11(5-10)6-15(24)22-13)21-16(25)14(8-27-2)28-17-12(19)7-20-18(26)23-17/h3-5,9,12,14,17H,6-8H2,1-2H3,(H,21,25)(H,22,24)(H2,20,23,26)/t9-,12?,14+,17?/m0/s1. The molecule has 10 heteroatoms. The summed E-state index contributed by atoms with van der Waals surface area (Å²) >= 11 is 7.53. The molecule has 4 N–H and O–H groups in total. The average molecular weight is 427 g/mol. The number of thioether (sulfide) groups is 1. The van der Waals surface area contributed by atoms with Crippen LogP contribution in [0.5, 0.6) is 0 Å². The van der Waals surface area contributed by atoms with Crippen molar-refractivity contribution in [1.29, 1.82) is 0 Å². The highest BCUT2D eigenvalue weighted by Crippen LogP contribution is 2.28. The van der Waals surface area contributed by atoms with E-state index in [1.54, 1.807) is 0 Å². The minimum atomic E-state index is -0.533. The van der Waals surface area contributed by atoms with Crippen LogP contribution in [0.3, 0.4) is 0 Å². The molecule has 152 valence electrons. The zero-order chi connectivity index (χ0) is 20.3. The van der Waals surface area contributed by atoms with Crippen LogP contribution in [0.4, 0.5) is 10.5 Å².